The zero-order valence-corrected chi connectivity index (χ0v) is 14.0. The molecule has 1 aromatic rings. The molecule has 2 N–H and O–H groups in total. The summed E-state index contributed by atoms with van der Waals surface area (Å²) < 4.78 is 0. The van der Waals surface area contributed by atoms with Gasteiger partial charge in [-0.3, -0.25) is 4.79 Å². The fraction of sp³-hybridized carbons (Fsp3) is 0.647. The van der Waals surface area contributed by atoms with Crippen LogP contribution in [0.1, 0.15) is 63.0 Å². The molecule has 1 aromatic heterocycles. The van der Waals surface area contributed by atoms with Gasteiger partial charge in [-0.15, -0.1) is 0 Å². The van der Waals surface area contributed by atoms with E-state index < -0.39 is 0 Å². The van der Waals surface area contributed by atoms with Crippen molar-refractivity contribution in [1.82, 2.24) is 10.3 Å². The highest BCUT2D eigenvalue weighted by molar-refractivity contribution is 5.95. The van der Waals surface area contributed by atoms with Crippen LogP contribution in [0.15, 0.2) is 12.1 Å². The molecule has 0 aliphatic carbocycles. The van der Waals surface area contributed by atoms with Crippen molar-refractivity contribution in [1.29, 1.82) is 0 Å². The molecule has 4 heteroatoms. The first kappa shape index (κ1) is 17.5. The van der Waals surface area contributed by atoms with Crippen molar-refractivity contribution >= 4 is 11.7 Å². The summed E-state index contributed by atoms with van der Waals surface area (Å²) in [4.78, 5) is 16.9. The van der Waals surface area contributed by atoms with Gasteiger partial charge < -0.3 is 10.6 Å². The minimum atomic E-state index is -0.0120. The van der Waals surface area contributed by atoms with Crippen molar-refractivity contribution in [2.24, 2.45) is 5.92 Å². The van der Waals surface area contributed by atoms with Gasteiger partial charge in [0.05, 0.1) is 0 Å². The number of pyridine rings is 1. The highest BCUT2D eigenvalue weighted by Gasteiger charge is 2.14. The Hall–Kier alpha value is -1.58. The third-order valence-electron chi connectivity index (χ3n) is 3.73. The number of nitrogens with zero attached hydrogens (tertiary/aromatic N) is 1. The lowest BCUT2D eigenvalue weighted by molar-refractivity contribution is 0.0935. The summed E-state index contributed by atoms with van der Waals surface area (Å²) in [6, 6.07) is 3.90. The lowest BCUT2D eigenvalue weighted by Crippen LogP contribution is -2.33. The molecule has 1 amide bonds. The fourth-order valence-corrected chi connectivity index (χ4v) is 2.37. The van der Waals surface area contributed by atoms with Gasteiger partial charge in [0, 0.05) is 24.3 Å². The van der Waals surface area contributed by atoms with Gasteiger partial charge in [0.15, 0.2) is 0 Å². The van der Waals surface area contributed by atoms with Gasteiger partial charge in [-0.05, 0) is 37.8 Å². The maximum atomic E-state index is 12.4. The van der Waals surface area contributed by atoms with Gasteiger partial charge >= 0.3 is 0 Å². The van der Waals surface area contributed by atoms with Gasteiger partial charge in [-0.1, -0.05) is 33.6 Å². The van der Waals surface area contributed by atoms with E-state index in [1.807, 2.05) is 19.2 Å². The van der Waals surface area contributed by atoms with Gasteiger partial charge in [0.2, 0.25) is 0 Å². The van der Waals surface area contributed by atoms with Crippen LogP contribution in [-0.2, 0) is 6.42 Å². The zero-order valence-electron chi connectivity index (χ0n) is 14.0. The Labute approximate surface area is 128 Å². The van der Waals surface area contributed by atoms with E-state index in [1.165, 1.54) is 0 Å². The number of amides is 1. The Bertz CT molecular complexity index is 459. The number of aromatic nitrogens is 1. The third-order valence-corrected chi connectivity index (χ3v) is 3.73. The van der Waals surface area contributed by atoms with Gasteiger partial charge in [0.25, 0.3) is 5.91 Å². The molecule has 0 fully saturated rings. The third kappa shape index (κ3) is 5.74. The number of aryl methyl sites for hydroxylation is 1. The van der Waals surface area contributed by atoms with E-state index in [1.54, 1.807) is 0 Å². The van der Waals surface area contributed by atoms with E-state index >= 15 is 0 Å². The predicted molar refractivity (Wildman–Crippen MR) is 88.8 cm³/mol. The van der Waals surface area contributed by atoms with E-state index in [9.17, 15) is 4.79 Å². The summed E-state index contributed by atoms with van der Waals surface area (Å²) in [5.41, 5.74) is 1.65. The van der Waals surface area contributed by atoms with Crippen molar-refractivity contribution in [2.45, 2.75) is 59.4 Å². The lowest BCUT2D eigenvalue weighted by atomic mass is 10.00. The van der Waals surface area contributed by atoms with Crippen LogP contribution in [0, 0.1) is 5.92 Å². The molecule has 0 aliphatic heterocycles. The fourth-order valence-electron chi connectivity index (χ4n) is 2.37. The van der Waals surface area contributed by atoms with E-state index in [4.69, 9.17) is 0 Å². The molecule has 1 heterocycles. The monoisotopic (exact) mass is 291 g/mol. The highest BCUT2D eigenvalue weighted by atomic mass is 16.1. The number of rotatable bonds is 8. The Balaban J connectivity index is 2.78. The number of carbonyl (C=O) groups excluding carboxylic acids is 1. The smallest absolute Gasteiger partial charge is 0.251 e. The quantitative estimate of drug-likeness (QED) is 0.769. The summed E-state index contributed by atoms with van der Waals surface area (Å²) in [7, 11) is 1.82. The molecule has 2 unspecified atom stereocenters. The van der Waals surface area contributed by atoms with Crippen LogP contribution in [0.5, 0.6) is 0 Å². The Morgan fingerprint density at radius 1 is 1.29 bits per heavy atom. The topological polar surface area (TPSA) is 54.0 Å². The first-order chi connectivity index (χ1) is 9.99. The molecule has 0 aromatic carbocycles. The van der Waals surface area contributed by atoms with Crippen LogP contribution in [0.2, 0.25) is 0 Å². The van der Waals surface area contributed by atoms with Crippen LogP contribution in [0.4, 0.5) is 5.82 Å². The Kier molecular flexibility index (Phi) is 7.20. The van der Waals surface area contributed by atoms with Crippen LogP contribution in [0.3, 0.4) is 0 Å². The Morgan fingerprint density at radius 2 is 2.00 bits per heavy atom. The molecular formula is C17H29N3O. The van der Waals surface area contributed by atoms with Crippen molar-refractivity contribution < 1.29 is 4.79 Å². The average Bonchev–Trinajstić information content (AvgIpc) is 2.46. The molecule has 21 heavy (non-hydrogen) atoms. The van der Waals surface area contributed by atoms with E-state index in [0.717, 1.165) is 37.2 Å². The SMILES string of the molecule is CCCc1cc(C(=O)NC(C)CC(C)CC)cc(NC)n1. The van der Waals surface area contributed by atoms with Crippen LogP contribution in [-0.4, -0.2) is 24.0 Å². The summed E-state index contributed by atoms with van der Waals surface area (Å²) in [5, 5.41) is 6.11. The molecule has 2 atom stereocenters. The second-order valence-corrected chi connectivity index (χ2v) is 5.86. The predicted octanol–water partition coefficient (Wildman–Crippen LogP) is 3.63. The summed E-state index contributed by atoms with van der Waals surface area (Å²) in [6.45, 7) is 8.57. The second kappa shape index (κ2) is 8.65. The van der Waals surface area contributed by atoms with Gasteiger partial charge in [0.1, 0.15) is 5.82 Å². The Morgan fingerprint density at radius 3 is 2.57 bits per heavy atom. The standard InChI is InChI=1S/C17H29N3O/c1-6-8-15-10-14(11-16(18-5)20-15)17(21)19-13(4)9-12(3)7-2/h10-13H,6-9H2,1-5H3,(H,18,20)(H,19,21). The number of nitrogens with one attached hydrogen (secondary N) is 2. The first-order valence-electron chi connectivity index (χ1n) is 7.99. The number of hydrogen-bond acceptors (Lipinski definition) is 3. The molecule has 1 rings (SSSR count). The van der Waals surface area contributed by atoms with Gasteiger partial charge in [-0.2, -0.15) is 0 Å². The first-order valence-corrected chi connectivity index (χ1v) is 7.99. The second-order valence-electron chi connectivity index (χ2n) is 5.86. The normalized spacial score (nSPS) is 13.6. The molecule has 0 radical (unpaired) electrons. The van der Waals surface area contributed by atoms with E-state index in [2.05, 4.69) is 43.3 Å². The van der Waals surface area contributed by atoms with Crippen LogP contribution >= 0.6 is 0 Å². The van der Waals surface area contributed by atoms with Crippen molar-refractivity contribution in [3.8, 4) is 0 Å². The van der Waals surface area contributed by atoms with Gasteiger partial charge in [-0.25, -0.2) is 4.98 Å². The highest BCUT2D eigenvalue weighted by Crippen LogP contribution is 2.14. The minimum Gasteiger partial charge on any atom is -0.373 e. The van der Waals surface area contributed by atoms with E-state index in [-0.39, 0.29) is 11.9 Å². The van der Waals surface area contributed by atoms with Crippen molar-refractivity contribution in [3.63, 3.8) is 0 Å². The molecule has 4 nitrogen and oxygen atoms in total. The lowest BCUT2D eigenvalue weighted by Gasteiger charge is -2.18. The summed E-state index contributed by atoms with van der Waals surface area (Å²) >= 11 is 0. The molecule has 0 saturated heterocycles. The molecule has 0 spiro atoms. The minimum absolute atomic E-state index is 0.0120. The van der Waals surface area contributed by atoms with Crippen molar-refractivity contribution in [3.05, 3.63) is 23.4 Å². The molecule has 0 saturated carbocycles. The molecule has 118 valence electrons. The number of carbonyl (C=O) groups is 1. The molecule has 0 aliphatic rings. The number of anilines is 1. The average molecular weight is 291 g/mol. The summed E-state index contributed by atoms with van der Waals surface area (Å²) in [5.74, 6) is 1.36. The number of hydrogen-bond donors (Lipinski definition) is 2. The molecular weight excluding hydrogens is 262 g/mol. The maximum Gasteiger partial charge on any atom is 0.251 e. The van der Waals surface area contributed by atoms with Crippen LogP contribution < -0.4 is 10.6 Å². The zero-order chi connectivity index (χ0) is 15.8. The maximum absolute atomic E-state index is 12.4. The van der Waals surface area contributed by atoms with Crippen molar-refractivity contribution in [2.75, 3.05) is 12.4 Å². The largest absolute Gasteiger partial charge is 0.373 e. The van der Waals surface area contributed by atoms with Crippen LogP contribution in [0.25, 0.3) is 0 Å². The molecule has 0 bridgehead atoms. The summed E-state index contributed by atoms with van der Waals surface area (Å²) in [6.07, 6.45) is 4.05. The van der Waals surface area contributed by atoms with E-state index in [0.29, 0.717) is 11.5 Å².